The molecule has 0 unspecified atom stereocenters. The minimum absolute atomic E-state index is 0.00357. The number of aromatic hydroxyl groups is 1. The Morgan fingerprint density at radius 3 is 2.50 bits per heavy atom. The van der Waals surface area contributed by atoms with Gasteiger partial charge in [-0.1, -0.05) is 0 Å². The molecule has 3 rings (SSSR count). The Balaban J connectivity index is 2.10. The summed E-state index contributed by atoms with van der Waals surface area (Å²) in [4.78, 5) is 27.0. The molecule has 0 saturated carbocycles. The summed E-state index contributed by atoms with van der Waals surface area (Å²) in [6, 6.07) is 7.44. The first-order chi connectivity index (χ1) is 12.6. The van der Waals surface area contributed by atoms with Crippen molar-refractivity contribution in [3.05, 3.63) is 77.1 Å². The zero-order chi connectivity index (χ0) is 18.5. The summed E-state index contributed by atoms with van der Waals surface area (Å²) in [6.45, 7) is 0. The summed E-state index contributed by atoms with van der Waals surface area (Å²) < 4.78 is 26.4. The molecule has 26 heavy (non-hydrogen) atoms. The molecule has 3 aromatic rings. The van der Waals surface area contributed by atoms with Gasteiger partial charge in [0.1, 0.15) is 5.69 Å². The molecule has 0 saturated heterocycles. The molecule has 0 spiro atoms. The molecule has 0 fully saturated rings. The fourth-order valence-electron chi connectivity index (χ4n) is 2.18. The van der Waals surface area contributed by atoms with Crippen molar-refractivity contribution in [3.63, 3.8) is 0 Å². The number of halogens is 2. The molecule has 0 atom stereocenters. The van der Waals surface area contributed by atoms with Crippen LogP contribution >= 0.6 is 0 Å². The van der Waals surface area contributed by atoms with Gasteiger partial charge in [-0.25, -0.2) is 13.8 Å². The van der Waals surface area contributed by atoms with E-state index in [2.05, 4.69) is 25.1 Å². The van der Waals surface area contributed by atoms with Gasteiger partial charge in [-0.3, -0.25) is 9.97 Å². The number of aromatic nitrogens is 2. The lowest BCUT2D eigenvalue weighted by Gasteiger charge is -2.09. The molecule has 0 radical (unpaired) electrons. The molecule has 0 aliphatic heterocycles. The highest BCUT2D eigenvalue weighted by atomic mass is 19.2. The Hall–Kier alpha value is -3.75. The second-order valence-electron chi connectivity index (χ2n) is 4.97. The van der Waals surface area contributed by atoms with Crippen LogP contribution in [0.15, 0.2) is 65.3 Å². The zero-order valence-electron chi connectivity index (χ0n) is 13.0. The zero-order valence-corrected chi connectivity index (χ0v) is 13.0. The lowest BCUT2D eigenvalue weighted by molar-refractivity contribution is 0.321. The summed E-state index contributed by atoms with van der Waals surface area (Å²) >= 11 is 0. The van der Waals surface area contributed by atoms with E-state index in [0.717, 1.165) is 12.1 Å². The molecule has 2 aromatic heterocycles. The molecule has 9 heteroatoms. The Kier molecular flexibility index (Phi) is 4.88. The van der Waals surface area contributed by atoms with Crippen LogP contribution in [0, 0.1) is 16.5 Å². The average Bonchev–Trinajstić information content (AvgIpc) is 2.65. The van der Waals surface area contributed by atoms with Gasteiger partial charge in [0, 0.05) is 30.2 Å². The van der Waals surface area contributed by atoms with Crippen molar-refractivity contribution in [1.82, 2.24) is 9.97 Å². The largest absolute Gasteiger partial charge is 0.505 e. The molecule has 2 heterocycles. The van der Waals surface area contributed by atoms with Gasteiger partial charge in [0.15, 0.2) is 22.7 Å². The molecule has 0 bridgehead atoms. The maximum atomic E-state index is 13.3. The smallest absolute Gasteiger partial charge is 0.263 e. The van der Waals surface area contributed by atoms with Crippen LogP contribution in [-0.2, 0) is 4.84 Å². The molecular weight excluding hydrogens is 346 g/mol. The second kappa shape index (κ2) is 7.43. The van der Waals surface area contributed by atoms with Crippen molar-refractivity contribution in [3.8, 4) is 17.0 Å². The molecular formula is C17H10F2N4O3. The van der Waals surface area contributed by atoms with E-state index in [1.807, 2.05) is 0 Å². The molecule has 1 aromatic carbocycles. The highest BCUT2D eigenvalue weighted by Crippen LogP contribution is 2.31. The first-order valence-electron chi connectivity index (χ1n) is 7.22. The van der Waals surface area contributed by atoms with Crippen LogP contribution in [0.5, 0.6) is 5.75 Å². The van der Waals surface area contributed by atoms with Crippen LogP contribution in [-0.4, -0.2) is 21.0 Å². The van der Waals surface area contributed by atoms with Crippen molar-refractivity contribution in [2.45, 2.75) is 0 Å². The van der Waals surface area contributed by atoms with Crippen LogP contribution in [0.25, 0.3) is 11.3 Å². The topological polar surface area (TPSA) is 97.0 Å². The van der Waals surface area contributed by atoms with Crippen LogP contribution in [0.1, 0.15) is 5.56 Å². The highest BCUT2D eigenvalue weighted by molar-refractivity contribution is 5.99. The van der Waals surface area contributed by atoms with Crippen molar-refractivity contribution in [1.29, 1.82) is 0 Å². The minimum atomic E-state index is -1.12. The quantitative estimate of drug-likeness (QED) is 0.331. The van der Waals surface area contributed by atoms with E-state index in [1.165, 1.54) is 30.7 Å². The third kappa shape index (κ3) is 3.51. The first-order valence-corrected chi connectivity index (χ1v) is 7.22. The van der Waals surface area contributed by atoms with Gasteiger partial charge in [-0.05, 0) is 30.3 Å². The summed E-state index contributed by atoms with van der Waals surface area (Å²) in [5.74, 6) is -2.90. The van der Waals surface area contributed by atoms with E-state index in [4.69, 9.17) is 0 Å². The van der Waals surface area contributed by atoms with Crippen molar-refractivity contribution >= 4 is 11.6 Å². The van der Waals surface area contributed by atoms with E-state index in [0.29, 0.717) is 5.56 Å². The fraction of sp³-hybridized carbons (Fsp3) is 0. The SMILES string of the molecule is O=NO/C(=N\c1ccc(F)c(F)c1)c1ccnc(-c2ccncc2)c1O. The van der Waals surface area contributed by atoms with Gasteiger partial charge in [0.25, 0.3) is 5.90 Å². The van der Waals surface area contributed by atoms with E-state index in [9.17, 15) is 18.8 Å². The Morgan fingerprint density at radius 1 is 1.04 bits per heavy atom. The van der Waals surface area contributed by atoms with Crippen LogP contribution in [0.4, 0.5) is 14.5 Å². The summed E-state index contributed by atoms with van der Waals surface area (Å²) in [5, 5.41) is 12.8. The predicted molar refractivity (Wildman–Crippen MR) is 88.6 cm³/mol. The number of aliphatic imine (C=N–C) groups is 1. The summed E-state index contributed by atoms with van der Waals surface area (Å²) in [5.41, 5.74) is 0.711. The third-order valence-electron chi connectivity index (χ3n) is 3.37. The van der Waals surface area contributed by atoms with Crippen LogP contribution in [0.2, 0.25) is 0 Å². The average molecular weight is 356 g/mol. The molecule has 1 N–H and O–H groups in total. The van der Waals surface area contributed by atoms with Gasteiger partial charge in [0.2, 0.25) is 0 Å². The molecule has 0 amide bonds. The highest BCUT2D eigenvalue weighted by Gasteiger charge is 2.18. The minimum Gasteiger partial charge on any atom is -0.505 e. The molecule has 7 nitrogen and oxygen atoms in total. The molecule has 0 aliphatic carbocycles. The second-order valence-corrected chi connectivity index (χ2v) is 4.97. The Bertz CT molecular complexity index is 981. The maximum Gasteiger partial charge on any atom is 0.263 e. The number of pyridine rings is 2. The number of benzene rings is 1. The standard InChI is InChI=1S/C17H10F2N4O3/c18-13-2-1-11(9-14(13)19)22-17(26-23-25)12-5-8-21-15(16(12)24)10-3-6-20-7-4-10/h1-9,24H/b22-17-. The number of hydrogen-bond donors (Lipinski definition) is 1. The maximum absolute atomic E-state index is 13.3. The Morgan fingerprint density at radius 2 is 1.81 bits per heavy atom. The van der Waals surface area contributed by atoms with Gasteiger partial charge in [-0.2, -0.15) is 0 Å². The van der Waals surface area contributed by atoms with E-state index < -0.39 is 17.5 Å². The number of hydrogen-bond acceptors (Lipinski definition) is 7. The van der Waals surface area contributed by atoms with E-state index in [-0.39, 0.29) is 22.7 Å². The monoisotopic (exact) mass is 356 g/mol. The normalized spacial score (nSPS) is 11.2. The third-order valence-corrected chi connectivity index (χ3v) is 3.37. The van der Waals surface area contributed by atoms with E-state index in [1.54, 1.807) is 12.1 Å². The summed E-state index contributed by atoms with van der Waals surface area (Å²) in [6.07, 6.45) is 4.39. The lowest BCUT2D eigenvalue weighted by atomic mass is 10.1. The first kappa shape index (κ1) is 17.1. The van der Waals surface area contributed by atoms with Gasteiger partial charge in [-0.15, -0.1) is 4.91 Å². The van der Waals surface area contributed by atoms with Crippen molar-refractivity contribution in [2.75, 3.05) is 0 Å². The molecule has 0 aliphatic rings. The van der Waals surface area contributed by atoms with Gasteiger partial charge in [0.05, 0.1) is 11.3 Å². The van der Waals surface area contributed by atoms with Crippen molar-refractivity contribution < 1.29 is 18.7 Å². The predicted octanol–water partition coefficient (Wildman–Crippen LogP) is 3.90. The Labute approximate surface area is 145 Å². The van der Waals surface area contributed by atoms with Crippen LogP contribution in [0.3, 0.4) is 0 Å². The lowest BCUT2D eigenvalue weighted by Crippen LogP contribution is -2.04. The van der Waals surface area contributed by atoms with Crippen molar-refractivity contribution in [2.24, 2.45) is 10.3 Å². The number of nitrogens with zero attached hydrogens (tertiary/aromatic N) is 4. The number of rotatable bonds is 4. The van der Waals surface area contributed by atoms with Gasteiger partial charge < -0.3 is 9.94 Å². The fourth-order valence-corrected chi connectivity index (χ4v) is 2.18. The van der Waals surface area contributed by atoms with Gasteiger partial charge >= 0.3 is 0 Å². The summed E-state index contributed by atoms with van der Waals surface area (Å²) in [7, 11) is 0. The molecule has 130 valence electrons. The van der Waals surface area contributed by atoms with Crippen LogP contribution < -0.4 is 0 Å². The van der Waals surface area contributed by atoms with E-state index >= 15 is 0 Å².